The van der Waals surface area contributed by atoms with Gasteiger partial charge >= 0.3 is 0 Å². The monoisotopic (exact) mass is 539 g/mol. The van der Waals surface area contributed by atoms with Crippen LogP contribution in [0.25, 0.3) is 21.9 Å². The van der Waals surface area contributed by atoms with Crippen molar-refractivity contribution in [1.82, 2.24) is 0 Å². The Morgan fingerprint density at radius 1 is 0.683 bits per heavy atom. The van der Waals surface area contributed by atoms with Gasteiger partial charge < -0.3 is 10.6 Å². The van der Waals surface area contributed by atoms with Crippen molar-refractivity contribution in [3.05, 3.63) is 157 Å². The van der Waals surface area contributed by atoms with Gasteiger partial charge in [-0.25, -0.2) is 0 Å². The quantitative estimate of drug-likeness (QED) is 0.134. The summed E-state index contributed by atoms with van der Waals surface area (Å²) in [5.41, 5.74) is 7.59. The lowest BCUT2D eigenvalue weighted by molar-refractivity contribution is -0.540. The summed E-state index contributed by atoms with van der Waals surface area (Å²) < 4.78 is 0. The lowest BCUT2D eigenvalue weighted by Gasteiger charge is -2.31. The van der Waals surface area contributed by atoms with Gasteiger partial charge in [0.15, 0.2) is 0 Å². The third kappa shape index (κ3) is 7.63. The molecule has 0 fully saturated rings. The molecule has 2 heteroatoms. The molecule has 41 heavy (non-hydrogen) atoms. The average Bonchev–Trinajstić information content (AvgIpc) is 3.04. The lowest BCUT2D eigenvalue weighted by Crippen LogP contribution is -2.73. The van der Waals surface area contributed by atoms with Gasteiger partial charge in [-0.15, -0.1) is 0 Å². The highest BCUT2D eigenvalue weighted by Crippen LogP contribution is 2.40. The Hall–Kier alpha value is -4.40. The maximum Gasteiger partial charge on any atom is 0.133 e. The molecule has 2 nitrogen and oxygen atoms in total. The maximum absolute atomic E-state index is 3.34. The molecule has 208 valence electrons. The normalized spacial score (nSPS) is 12.7. The number of hydrogen-bond donors (Lipinski definition) is 2. The standard InChI is InChI=1S/C37H36N2.C2H6/c1-37(26-12-5-13-27-39-33-17-8-4-9-18-33,36-34-19-11-10-16-32(34)24-25-35(36)38-2)28-29-20-22-31(23-21-29)30-14-6-3-7-15-30;1-2/h3-25,27,38-39H,26,28H2,1-2H3;1-2H3/p+1/b12-5+,27-13+;. The molecule has 5 rings (SSSR count). The molecule has 0 aliphatic heterocycles. The van der Waals surface area contributed by atoms with Crippen LogP contribution >= 0.6 is 0 Å². The number of hydrogen-bond acceptors (Lipinski definition) is 1. The maximum atomic E-state index is 3.34. The number of quaternary nitrogens is 1. The second kappa shape index (κ2) is 14.8. The Kier molecular flexibility index (Phi) is 10.7. The van der Waals surface area contributed by atoms with Gasteiger partial charge in [0.2, 0.25) is 0 Å². The Morgan fingerprint density at radius 3 is 2.02 bits per heavy atom. The van der Waals surface area contributed by atoms with Crippen molar-refractivity contribution in [3.8, 4) is 11.1 Å². The number of benzene rings is 5. The van der Waals surface area contributed by atoms with Crippen molar-refractivity contribution in [3.63, 3.8) is 0 Å². The minimum atomic E-state index is -0.0891. The Morgan fingerprint density at radius 2 is 1.32 bits per heavy atom. The van der Waals surface area contributed by atoms with Crippen LogP contribution in [0, 0.1) is 0 Å². The molecule has 1 unspecified atom stereocenters. The Bertz CT molecular complexity index is 1550. The number of para-hydroxylation sites is 1. The molecule has 5 aromatic rings. The zero-order valence-electron chi connectivity index (χ0n) is 24.8. The van der Waals surface area contributed by atoms with Gasteiger partial charge in [-0.3, -0.25) is 0 Å². The molecule has 0 saturated carbocycles. The Labute approximate surface area is 246 Å². The van der Waals surface area contributed by atoms with Gasteiger partial charge in [-0.1, -0.05) is 130 Å². The Balaban J connectivity index is 0.00000189. The van der Waals surface area contributed by atoms with Crippen LogP contribution in [0.5, 0.6) is 0 Å². The number of allylic oxidation sites excluding steroid dienone is 3. The van der Waals surface area contributed by atoms with Crippen molar-refractivity contribution in [2.75, 3.05) is 12.4 Å². The van der Waals surface area contributed by atoms with Gasteiger partial charge in [0, 0.05) is 22.9 Å². The summed E-state index contributed by atoms with van der Waals surface area (Å²) >= 11 is 0. The van der Waals surface area contributed by atoms with Crippen molar-refractivity contribution in [1.29, 1.82) is 0 Å². The number of anilines is 1. The molecule has 0 aliphatic carbocycles. The highest BCUT2D eigenvalue weighted by Gasteiger charge is 2.32. The van der Waals surface area contributed by atoms with E-state index in [1.807, 2.05) is 38.2 Å². The van der Waals surface area contributed by atoms with Crippen LogP contribution in [0.3, 0.4) is 0 Å². The van der Waals surface area contributed by atoms with Crippen LogP contribution < -0.4 is 10.6 Å². The first kappa shape index (κ1) is 29.6. The van der Waals surface area contributed by atoms with Crippen molar-refractivity contribution in [2.24, 2.45) is 0 Å². The van der Waals surface area contributed by atoms with Gasteiger partial charge in [0.25, 0.3) is 0 Å². The molecule has 3 N–H and O–H groups in total. The topological polar surface area (TPSA) is 28.6 Å². The molecule has 0 heterocycles. The molecular formula is C39H43N2+. The second-order valence-electron chi connectivity index (χ2n) is 10.3. The van der Waals surface area contributed by atoms with Crippen LogP contribution in [0.4, 0.5) is 11.4 Å². The van der Waals surface area contributed by atoms with Crippen LogP contribution in [0.1, 0.15) is 38.3 Å². The van der Waals surface area contributed by atoms with Crippen LogP contribution in [0.2, 0.25) is 0 Å². The summed E-state index contributed by atoms with van der Waals surface area (Å²) in [7, 11) is 2.15. The zero-order chi connectivity index (χ0) is 28.9. The fourth-order valence-corrected chi connectivity index (χ4v) is 5.50. The minimum Gasteiger partial charge on any atom is -0.362 e. The highest BCUT2D eigenvalue weighted by atomic mass is 14.8. The number of fused-ring (bicyclic) bond motifs is 1. The van der Waals surface area contributed by atoms with E-state index in [2.05, 4.69) is 146 Å². The van der Waals surface area contributed by atoms with Crippen molar-refractivity contribution in [2.45, 2.75) is 39.0 Å². The summed E-state index contributed by atoms with van der Waals surface area (Å²) in [6.07, 6.45) is 10.4. The molecule has 5 aromatic carbocycles. The van der Waals surface area contributed by atoms with E-state index >= 15 is 0 Å². The first-order valence-corrected chi connectivity index (χ1v) is 14.8. The predicted molar refractivity (Wildman–Crippen MR) is 179 cm³/mol. The zero-order valence-corrected chi connectivity index (χ0v) is 24.8. The summed E-state index contributed by atoms with van der Waals surface area (Å²) in [4.78, 5) is 0. The molecule has 0 spiro atoms. The molecule has 0 aliphatic rings. The predicted octanol–water partition coefficient (Wildman–Crippen LogP) is 9.43. The smallest absolute Gasteiger partial charge is 0.133 e. The van der Waals surface area contributed by atoms with Gasteiger partial charge in [-0.2, -0.15) is 0 Å². The third-order valence-corrected chi connectivity index (χ3v) is 7.47. The van der Waals surface area contributed by atoms with E-state index in [0.717, 1.165) is 18.5 Å². The molecule has 0 amide bonds. The lowest BCUT2D eigenvalue weighted by atomic mass is 9.72. The number of nitrogens with two attached hydrogens (primary N) is 1. The molecule has 0 saturated heterocycles. The molecular weight excluding hydrogens is 496 g/mol. The van der Waals surface area contributed by atoms with Gasteiger partial charge in [0.1, 0.15) is 5.69 Å². The minimum absolute atomic E-state index is 0.0891. The molecule has 0 bridgehead atoms. The van der Waals surface area contributed by atoms with E-state index in [0.29, 0.717) is 0 Å². The van der Waals surface area contributed by atoms with Crippen molar-refractivity contribution >= 4 is 22.1 Å². The van der Waals surface area contributed by atoms with Crippen molar-refractivity contribution < 1.29 is 5.32 Å². The van der Waals surface area contributed by atoms with Gasteiger partial charge in [-0.05, 0) is 70.6 Å². The molecule has 1 atom stereocenters. The van der Waals surface area contributed by atoms with Crippen LogP contribution in [-0.2, 0) is 11.8 Å². The first-order valence-electron chi connectivity index (χ1n) is 14.8. The fraction of sp³-hybridized carbons (Fsp3) is 0.179. The van der Waals surface area contributed by atoms with E-state index in [-0.39, 0.29) is 5.41 Å². The first-order chi connectivity index (χ1) is 20.2. The summed E-state index contributed by atoms with van der Waals surface area (Å²) in [6.45, 7) is 6.42. The molecule has 0 radical (unpaired) electrons. The SMILES string of the molecule is CC.C[NH2+]c1ccc2ccccc2c1C(C)(C/C=C/C=C/Nc1ccccc1)Cc1ccc(-c2ccccc2)cc1. The van der Waals surface area contributed by atoms with E-state index in [4.69, 9.17) is 0 Å². The fourth-order valence-electron chi connectivity index (χ4n) is 5.50. The second-order valence-corrected chi connectivity index (χ2v) is 10.3. The largest absolute Gasteiger partial charge is 0.362 e. The average molecular weight is 540 g/mol. The number of rotatable bonds is 10. The van der Waals surface area contributed by atoms with E-state index in [1.54, 1.807) is 0 Å². The van der Waals surface area contributed by atoms with Crippen LogP contribution in [-0.4, -0.2) is 7.05 Å². The third-order valence-electron chi connectivity index (χ3n) is 7.47. The van der Waals surface area contributed by atoms with E-state index in [1.165, 1.54) is 38.7 Å². The molecule has 0 aromatic heterocycles. The summed E-state index contributed by atoms with van der Waals surface area (Å²) in [5, 5.41) is 8.22. The highest BCUT2D eigenvalue weighted by molar-refractivity contribution is 5.90. The van der Waals surface area contributed by atoms with E-state index in [9.17, 15) is 0 Å². The summed E-state index contributed by atoms with van der Waals surface area (Å²) in [6, 6.07) is 43.3. The van der Waals surface area contributed by atoms with Crippen LogP contribution in [0.15, 0.2) is 146 Å². The number of nitrogens with one attached hydrogen (secondary N) is 1. The van der Waals surface area contributed by atoms with E-state index < -0.39 is 0 Å². The van der Waals surface area contributed by atoms with Gasteiger partial charge in [0.05, 0.1) is 7.05 Å². The summed E-state index contributed by atoms with van der Waals surface area (Å²) in [5.74, 6) is 0.